The minimum absolute atomic E-state index is 0.0311. The zero-order chi connectivity index (χ0) is 16.1. The second-order valence-electron chi connectivity index (χ2n) is 6.28. The molecular weight excluding hydrogens is 466 g/mol. The van der Waals surface area contributed by atoms with Crippen LogP contribution in [0.2, 0.25) is 0 Å². The molecule has 0 aromatic carbocycles. The zero-order valence-electron chi connectivity index (χ0n) is 11.9. The summed E-state index contributed by atoms with van der Waals surface area (Å²) in [5, 5.41) is 17.8. The Balaban J connectivity index is 2.39. The summed E-state index contributed by atoms with van der Waals surface area (Å²) in [7, 11) is 0. The monoisotopic (exact) mass is 479 g/mol. The van der Waals surface area contributed by atoms with Crippen LogP contribution in [0.25, 0.3) is 0 Å². The Morgan fingerprint density at radius 1 is 1.29 bits per heavy atom. The van der Waals surface area contributed by atoms with Crippen molar-refractivity contribution in [3.63, 3.8) is 0 Å². The Morgan fingerprint density at radius 2 is 1.81 bits per heavy atom. The molecule has 3 unspecified atom stereocenters. The van der Waals surface area contributed by atoms with E-state index in [0.717, 1.165) is 12.8 Å². The standard InChI is InChI=1S/C14H16Br3N3O/c1-12(2)13(10(16)17)3-4-14(12,9(13)15)11(21)20(7-5-18)8-6-19/h9-10H,3-4,7-8H2,1-2H3. The van der Waals surface area contributed by atoms with Gasteiger partial charge in [0.15, 0.2) is 0 Å². The van der Waals surface area contributed by atoms with E-state index in [1.54, 1.807) is 0 Å². The van der Waals surface area contributed by atoms with Gasteiger partial charge in [-0.15, -0.1) is 0 Å². The van der Waals surface area contributed by atoms with E-state index in [4.69, 9.17) is 10.5 Å². The second kappa shape index (κ2) is 5.51. The van der Waals surface area contributed by atoms with Crippen LogP contribution in [0.4, 0.5) is 0 Å². The highest BCUT2D eigenvalue weighted by Gasteiger charge is 2.83. The molecule has 3 saturated carbocycles. The van der Waals surface area contributed by atoms with E-state index in [0.29, 0.717) is 0 Å². The summed E-state index contributed by atoms with van der Waals surface area (Å²) in [6.45, 7) is 4.15. The number of amides is 1. The van der Waals surface area contributed by atoms with E-state index in [-0.39, 0.29) is 38.4 Å². The van der Waals surface area contributed by atoms with Crippen molar-refractivity contribution in [1.29, 1.82) is 10.5 Å². The van der Waals surface area contributed by atoms with Crippen molar-refractivity contribution in [2.45, 2.75) is 35.3 Å². The second-order valence-corrected chi connectivity index (χ2v) is 10.3. The summed E-state index contributed by atoms with van der Waals surface area (Å²) in [4.78, 5) is 14.4. The molecule has 4 nitrogen and oxygen atoms in total. The van der Waals surface area contributed by atoms with Gasteiger partial charge in [0.2, 0.25) is 5.91 Å². The molecular formula is C14H16Br3N3O. The first-order valence-corrected chi connectivity index (χ1v) is 9.44. The molecule has 0 radical (unpaired) electrons. The third-order valence-corrected chi connectivity index (χ3v) is 8.91. The van der Waals surface area contributed by atoms with Crippen molar-refractivity contribution in [3.8, 4) is 12.1 Å². The number of carbonyl (C=O) groups is 1. The first kappa shape index (κ1) is 17.2. The van der Waals surface area contributed by atoms with Gasteiger partial charge in [0, 0.05) is 10.2 Å². The minimum atomic E-state index is -0.541. The molecule has 3 rings (SSSR count). The fourth-order valence-corrected chi connectivity index (χ4v) is 9.22. The third-order valence-electron chi connectivity index (χ3n) is 5.68. The van der Waals surface area contributed by atoms with Gasteiger partial charge in [-0.1, -0.05) is 61.6 Å². The summed E-state index contributed by atoms with van der Waals surface area (Å²) in [5.41, 5.74) is -0.805. The van der Waals surface area contributed by atoms with Crippen LogP contribution in [0.15, 0.2) is 0 Å². The van der Waals surface area contributed by atoms with Crippen molar-refractivity contribution in [3.05, 3.63) is 0 Å². The van der Waals surface area contributed by atoms with Gasteiger partial charge >= 0.3 is 0 Å². The summed E-state index contributed by atoms with van der Waals surface area (Å²) < 4.78 is 0.112. The van der Waals surface area contributed by atoms with Gasteiger partial charge in [0.25, 0.3) is 0 Å². The largest absolute Gasteiger partial charge is 0.316 e. The summed E-state index contributed by atoms with van der Waals surface area (Å²) in [6.07, 6.45) is 1.70. The Bertz CT molecular complexity index is 535. The fraction of sp³-hybridized carbons (Fsp3) is 0.786. The number of halogens is 3. The van der Waals surface area contributed by atoms with E-state index >= 15 is 0 Å². The van der Waals surface area contributed by atoms with Crippen molar-refractivity contribution in [2.24, 2.45) is 16.2 Å². The first-order chi connectivity index (χ1) is 9.74. The lowest BCUT2D eigenvalue weighted by Gasteiger charge is -2.66. The van der Waals surface area contributed by atoms with E-state index < -0.39 is 5.41 Å². The number of alkyl halides is 3. The molecule has 7 heteroatoms. The molecule has 0 N–H and O–H groups in total. The van der Waals surface area contributed by atoms with E-state index in [1.807, 2.05) is 12.1 Å². The quantitative estimate of drug-likeness (QED) is 0.455. The number of hydrogen-bond donors (Lipinski definition) is 0. The molecule has 3 atom stereocenters. The maximum Gasteiger partial charge on any atom is 0.232 e. The Labute approximate surface area is 150 Å². The van der Waals surface area contributed by atoms with Crippen LogP contribution in [-0.2, 0) is 4.79 Å². The maximum absolute atomic E-state index is 13.0. The highest BCUT2D eigenvalue weighted by molar-refractivity contribution is 9.24. The average molecular weight is 482 g/mol. The van der Waals surface area contributed by atoms with Crippen LogP contribution < -0.4 is 0 Å². The van der Waals surface area contributed by atoms with Gasteiger partial charge in [-0.3, -0.25) is 4.79 Å². The molecule has 0 aliphatic heterocycles. The molecule has 3 aliphatic rings. The van der Waals surface area contributed by atoms with E-state index in [2.05, 4.69) is 61.6 Å². The highest BCUT2D eigenvalue weighted by Crippen LogP contribution is 2.82. The highest BCUT2D eigenvalue weighted by atomic mass is 79.9. The van der Waals surface area contributed by atoms with Gasteiger partial charge in [0.05, 0.1) is 21.3 Å². The summed E-state index contributed by atoms with van der Waals surface area (Å²) >= 11 is 11.0. The minimum Gasteiger partial charge on any atom is -0.316 e. The van der Waals surface area contributed by atoms with E-state index in [1.165, 1.54) is 4.90 Å². The Morgan fingerprint density at radius 3 is 2.14 bits per heavy atom. The van der Waals surface area contributed by atoms with Crippen molar-refractivity contribution >= 4 is 53.7 Å². The molecule has 1 amide bonds. The maximum atomic E-state index is 13.0. The predicted molar refractivity (Wildman–Crippen MR) is 90.0 cm³/mol. The van der Waals surface area contributed by atoms with Gasteiger partial charge in [-0.25, -0.2) is 0 Å². The smallest absolute Gasteiger partial charge is 0.232 e. The fourth-order valence-electron chi connectivity index (χ4n) is 4.32. The SMILES string of the molecule is CC1(C)C2(C(=O)N(CC#N)CC#N)CCC1(C(Br)Br)C2Br. The number of nitrogens with zero attached hydrogens (tertiary/aromatic N) is 3. The predicted octanol–water partition coefficient (Wildman–Crippen LogP) is 3.55. The van der Waals surface area contributed by atoms with Gasteiger partial charge in [-0.2, -0.15) is 10.5 Å². The topological polar surface area (TPSA) is 67.9 Å². The Hall–Kier alpha value is -0.110. The lowest BCUT2D eigenvalue weighted by atomic mass is 9.43. The Kier molecular flexibility index (Phi) is 4.53. The number of hydrogen-bond acceptors (Lipinski definition) is 3. The van der Waals surface area contributed by atoms with Gasteiger partial charge in [0.1, 0.15) is 13.1 Å². The van der Waals surface area contributed by atoms with E-state index in [9.17, 15) is 4.79 Å². The summed E-state index contributed by atoms with van der Waals surface area (Å²) in [6, 6.07) is 3.97. The van der Waals surface area contributed by atoms with Crippen molar-refractivity contribution < 1.29 is 4.79 Å². The molecule has 0 aromatic heterocycles. The normalized spacial score (nSPS) is 35.7. The molecule has 114 valence electrons. The van der Waals surface area contributed by atoms with Crippen LogP contribution >= 0.6 is 47.8 Å². The number of nitriles is 2. The summed E-state index contributed by atoms with van der Waals surface area (Å²) in [5.74, 6) is -0.0775. The zero-order valence-corrected chi connectivity index (χ0v) is 16.6. The molecule has 3 fully saturated rings. The molecule has 21 heavy (non-hydrogen) atoms. The average Bonchev–Trinajstić information content (AvgIpc) is 2.87. The lowest BCUT2D eigenvalue weighted by Crippen LogP contribution is -2.72. The van der Waals surface area contributed by atoms with Crippen LogP contribution in [0.1, 0.15) is 26.7 Å². The third kappa shape index (κ3) is 1.84. The van der Waals surface area contributed by atoms with Gasteiger partial charge in [-0.05, 0) is 18.3 Å². The van der Waals surface area contributed by atoms with Crippen LogP contribution in [0, 0.1) is 38.9 Å². The first-order valence-electron chi connectivity index (χ1n) is 6.69. The molecule has 3 aliphatic carbocycles. The molecule has 0 spiro atoms. The van der Waals surface area contributed by atoms with Crippen molar-refractivity contribution in [2.75, 3.05) is 13.1 Å². The molecule has 0 saturated heterocycles. The molecule has 0 aromatic rings. The van der Waals surface area contributed by atoms with Crippen LogP contribution in [0.3, 0.4) is 0 Å². The lowest BCUT2D eigenvalue weighted by molar-refractivity contribution is -0.171. The molecule has 2 bridgehead atoms. The van der Waals surface area contributed by atoms with Gasteiger partial charge < -0.3 is 4.90 Å². The molecule has 0 heterocycles. The van der Waals surface area contributed by atoms with Crippen LogP contribution in [-0.4, -0.2) is 32.5 Å². The number of rotatable bonds is 4. The number of carbonyl (C=O) groups excluding carboxylic acids is 1. The van der Waals surface area contributed by atoms with Crippen molar-refractivity contribution in [1.82, 2.24) is 4.90 Å². The van der Waals surface area contributed by atoms with Crippen LogP contribution in [0.5, 0.6) is 0 Å². The number of fused-ring (bicyclic) bond motifs is 1.